The minimum atomic E-state index is -0.533. The van der Waals surface area contributed by atoms with Crippen molar-refractivity contribution in [2.45, 2.75) is 154 Å². The molecule has 49 heavy (non-hydrogen) atoms. The summed E-state index contributed by atoms with van der Waals surface area (Å²) in [5, 5.41) is 27.2. The van der Waals surface area contributed by atoms with E-state index in [0.717, 1.165) is 50.5 Å². The number of carbonyl (C=O) groups is 2. The molecule has 2 aromatic rings. The Morgan fingerprint density at radius 3 is 2.35 bits per heavy atom. The summed E-state index contributed by atoms with van der Waals surface area (Å²) < 4.78 is 0. The largest absolute Gasteiger partial charge is 0.508 e. The molecule has 2 saturated carbocycles. The van der Waals surface area contributed by atoms with Crippen LogP contribution in [-0.2, 0) is 22.4 Å². The van der Waals surface area contributed by atoms with E-state index in [4.69, 9.17) is 0 Å². The van der Waals surface area contributed by atoms with Crippen molar-refractivity contribution in [3.05, 3.63) is 65.2 Å². The maximum atomic E-state index is 13.0. The van der Waals surface area contributed by atoms with E-state index in [9.17, 15) is 19.8 Å². The van der Waals surface area contributed by atoms with Crippen LogP contribution in [0.3, 0.4) is 0 Å². The van der Waals surface area contributed by atoms with E-state index in [1.165, 1.54) is 75.3 Å². The second kappa shape index (κ2) is 18.4. The van der Waals surface area contributed by atoms with Crippen molar-refractivity contribution in [1.29, 1.82) is 0 Å². The molecule has 4 N–H and O–H groups in total. The van der Waals surface area contributed by atoms with Gasteiger partial charge in [-0.05, 0) is 109 Å². The number of unbranched alkanes of at least 4 members (excludes halogenated alkanes) is 9. The first-order chi connectivity index (χ1) is 23.8. The molecule has 7 atom stereocenters. The van der Waals surface area contributed by atoms with Crippen LogP contribution in [-0.4, -0.2) is 40.7 Å². The van der Waals surface area contributed by atoms with Gasteiger partial charge < -0.3 is 20.8 Å². The summed E-state index contributed by atoms with van der Waals surface area (Å²) in [5.41, 5.74) is 3.97. The Hall–Kier alpha value is -2.86. The molecule has 3 aliphatic rings. The number of hydrogen-bond donors (Lipinski definition) is 4. The van der Waals surface area contributed by atoms with Crippen LogP contribution in [0.25, 0.3) is 0 Å². The van der Waals surface area contributed by atoms with Gasteiger partial charge in [-0.15, -0.1) is 0 Å². The highest BCUT2D eigenvalue weighted by Crippen LogP contribution is 2.62. The molecule has 0 radical (unpaired) electrons. The molecule has 6 heteroatoms. The fourth-order valence-electron chi connectivity index (χ4n) is 9.80. The standard InChI is InChI=1S/C43H64N2O4/c1-3-4-20-40(48)45-38(28-31-17-13-12-14-18-31)42(49)44-27-16-11-9-7-5-6-8-10-15-19-32-29-33-30-34(46)21-22-35(33)36-25-26-43(2)37(41(32)36)23-24-39(43)47/h12-14,17-18,21-22,30,32,36-39,41,46-47H,3-11,15-16,19-20,23-29H2,1-2H3,(H,44,49)(H,45,48)/t32-,36-,37+,38+,39+,41-,43+/m1/s1. The van der Waals surface area contributed by atoms with Gasteiger partial charge in [0.2, 0.25) is 11.8 Å². The average molecular weight is 673 g/mol. The van der Waals surface area contributed by atoms with E-state index < -0.39 is 6.04 Å². The van der Waals surface area contributed by atoms with E-state index >= 15 is 0 Å². The van der Waals surface area contributed by atoms with Crippen molar-refractivity contribution in [3.63, 3.8) is 0 Å². The molecule has 6 nitrogen and oxygen atoms in total. The molecule has 5 rings (SSSR count). The number of hydrogen-bond acceptors (Lipinski definition) is 4. The van der Waals surface area contributed by atoms with Gasteiger partial charge in [0.1, 0.15) is 11.8 Å². The van der Waals surface area contributed by atoms with E-state index in [2.05, 4.69) is 30.5 Å². The zero-order valence-electron chi connectivity index (χ0n) is 30.4. The van der Waals surface area contributed by atoms with Gasteiger partial charge in [0.25, 0.3) is 0 Å². The number of phenols is 1. The number of amides is 2. The number of rotatable bonds is 19. The lowest BCUT2D eigenvalue weighted by Crippen LogP contribution is -2.48. The van der Waals surface area contributed by atoms with E-state index in [1.54, 1.807) is 0 Å². The molecular formula is C43H64N2O4. The van der Waals surface area contributed by atoms with Gasteiger partial charge in [0.15, 0.2) is 0 Å². The molecule has 2 fully saturated rings. The third-order valence-corrected chi connectivity index (χ3v) is 12.6. The van der Waals surface area contributed by atoms with Crippen LogP contribution in [0.2, 0.25) is 0 Å². The van der Waals surface area contributed by atoms with Crippen molar-refractivity contribution in [2.24, 2.45) is 23.2 Å². The van der Waals surface area contributed by atoms with Crippen LogP contribution in [0, 0.1) is 23.2 Å². The van der Waals surface area contributed by atoms with Crippen molar-refractivity contribution in [1.82, 2.24) is 10.6 Å². The molecule has 2 amide bonds. The number of fused-ring (bicyclic) bond motifs is 5. The van der Waals surface area contributed by atoms with Crippen LogP contribution in [0.1, 0.15) is 146 Å². The van der Waals surface area contributed by atoms with Crippen LogP contribution in [0.5, 0.6) is 5.75 Å². The van der Waals surface area contributed by atoms with Gasteiger partial charge in [0, 0.05) is 19.4 Å². The SMILES string of the molecule is CCCCC(=O)N[C@@H](Cc1ccccc1)C(=O)NCCCCCCCCCCC[C@@H]1Cc2cc(O)ccc2[C@H]2CC[C@]3(C)[C@@H](O)CC[C@H]3[C@H]12. The molecular weight excluding hydrogens is 608 g/mol. The Balaban J connectivity index is 0.962. The minimum absolute atomic E-state index is 0.0472. The van der Waals surface area contributed by atoms with Crippen molar-refractivity contribution in [3.8, 4) is 5.75 Å². The summed E-state index contributed by atoms with van der Waals surface area (Å²) >= 11 is 0. The lowest BCUT2D eigenvalue weighted by molar-refractivity contribution is -0.129. The topological polar surface area (TPSA) is 98.7 Å². The van der Waals surface area contributed by atoms with Gasteiger partial charge in [-0.3, -0.25) is 9.59 Å². The van der Waals surface area contributed by atoms with Gasteiger partial charge in [-0.2, -0.15) is 0 Å². The first-order valence-corrected chi connectivity index (χ1v) is 19.9. The van der Waals surface area contributed by atoms with E-state index in [0.29, 0.717) is 48.8 Å². The molecule has 2 aromatic carbocycles. The predicted octanol–water partition coefficient (Wildman–Crippen LogP) is 8.77. The van der Waals surface area contributed by atoms with Gasteiger partial charge in [0.05, 0.1) is 6.10 Å². The van der Waals surface area contributed by atoms with Crippen molar-refractivity contribution >= 4 is 11.8 Å². The number of benzene rings is 2. The zero-order chi connectivity index (χ0) is 34.6. The normalized spacial score (nSPS) is 26.3. The number of aliphatic hydroxyl groups is 1. The smallest absolute Gasteiger partial charge is 0.242 e. The number of aromatic hydroxyl groups is 1. The molecule has 0 saturated heterocycles. The summed E-state index contributed by atoms with van der Waals surface area (Å²) in [6.07, 6.45) is 20.3. The molecule has 0 aliphatic heterocycles. The summed E-state index contributed by atoms with van der Waals surface area (Å²) in [4.78, 5) is 25.4. The molecule has 0 bridgehead atoms. The second-order valence-electron chi connectivity index (χ2n) is 16.0. The third kappa shape index (κ3) is 9.90. The van der Waals surface area contributed by atoms with Gasteiger partial charge >= 0.3 is 0 Å². The highest BCUT2D eigenvalue weighted by Gasteiger charge is 2.56. The monoisotopic (exact) mass is 672 g/mol. The summed E-state index contributed by atoms with van der Waals surface area (Å²) in [6.45, 7) is 5.08. The van der Waals surface area contributed by atoms with Gasteiger partial charge in [-0.1, -0.05) is 108 Å². The Morgan fingerprint density at radius 2 is 1.61 bits per heavy atom. The molecule has 3 aliphatic carbocycles. The van der Waals surface area contributed by atoms with Crippen molar-refractivity contribution < 1.29 is 19.8 Å². The average Bonchev–Trinajstić information content (AvgIpc) is 3.41. The zero-order valence-corrected chi connectivity index (χ0v) is 30.4. The van der Waals surface area contributed by atoms with Crippen molar-refractivity contribution in [2.75, 3.05) is 6.54 Å². The maximum absolute atomic E-state index is 13.0. The Bertz CT molecular complexity index is 1330. The first kappa shape index (κ1) is 37.4. The fraction of sp³-hybridized carbons (Fsp3) is 0.674. The number of nitrogens with one attached hydrogen (secondary N) is 2. The quantitative estimate of drug-likeness (QED) is 0.112. The third-order valence-electron chi connectivity index (χ3n) is 12.6. The summed E-state index contributed by atoms with van der Waals surface area (Å²) in [7, 11) is 0. The Labute approximate surface area is 296 Å². The second-order valence-corrected chi connectivity index (χ2v) is 16.0. The van der Waals surface area contributed by atoms with Crippen LogP contribution < -0.4 is 10.6 Å². The Kier molecular flexibility index (Phi) is 14.0. The number of phenolic OH excluding ortho intramolecular Hbond substituents is 1. The highest BCUT2D eigenvalue weighted by molar-refractivity contribution is 5.87. The highest BCUT2D eigenvalue weighted by atomic mass is 16.3. The van der Waals surface area contributed by atoms with Crippen LogP contribution >= 0.6 is 0 Å². The number of aliphatic hydroxyl groups excluding tert-OH is 1. The number of carbonyl (C=O) groups excluding carboxylic acids is 2. The molecule has 270 valence electrons. The van der Waals surface area contributed by atoms with Crippen LogP contribution in [0.4, 0.5) is 0 Å². The maximum Gasteiger partial charge on any atom is 0.242 e. The lowest BCUT2D eigenvalue weighted by Gasteiger charge is -2.53. The fourth-order valence-corrected chi connectivity index (χ4v) is 9.80. The Morgan fingerprint density at radius 1 is 0.898 bits per heavy atom. The van der Waals surface area contributed by atoms with Gasteiger partial charge in [-0.25, -0.2) is 0 Å². The molecule has 0 heterocycles. The lowest BCUT2D eigenvalue weighted by atomic mass is 9.52. The predicted molar refractivity (Wildman–Crippen MR) is 198 cm³/mol. The van der Waals surface area contributed by atoms with Crippen LogP contribution in [0.15, 0.2) is 48.5 Å². The van der Waals surface area contributed by atoms with E-state index in [-0.39, 0.29) is 23.3 Å². The minimum Gasteiger partial charge on any atom is -0.508 e. The summed E-state index contributed by atoms with van der Waals surface area (Å²) in [5.74, 6) is 2.78. The first-order valence-electron chi connectivity index (χ1n) is 19.9. The summed E-state index contributed by atoms with van der Waals surface area (Å²) in [6, 6.07) is 15.5. The van der Waals surface area contributed by atoms with E-state index in [1.807, 2.05) is 42.5 Å². The molecule has 0 unspecified atom stereocenters. The molecule has 0 aromatic heterocycles. The molecule has 0 spiro atoms.